The first-order valence-electron chi connectivity index (χ1n) is 6.20. The zero-order valence-electron chi connectivity index (χ0n) is 11.1. The summed E-state index contributed by atoms with van der Waals surface area (Å²) < 4.78 is 18.3. The molecule has 2 amide bonds. The van der Waals surface area contributed by atoms with E-state index in [4.69, 9.17) is 9.84 Å². The minimum Gasteiger partial charge on any atom is -0.478 e. The van der Waals surface area contributed by atoms with Crippen LogP contribution >= 0.6 is 0 Å². The fraction of sp³-hybridized carbons (Fsp3) is 0.385. The van der Waals surface area contributed by atoms with Crippen LogP contribution in [-0.4, -0.2) is 36.9 Å². The molecule has 0 unspecified atom stereocenters. The maximum atomic E-state index is 13.2. The van der Waals surface area contributed by atoms with Crippen molar-refractivity contribution < 1.29 is 23.8 Å². The number of anilines is 1. The van der Waals surface area contributed by atoms with Crippen LogP contribution in [0.4, 0.5) is 14.9 Å². The monoisotopic (exact) mass is 284 g/mol. The number of carboxylic acids is 1. The van der Waals surface area contributed by atoms with Gasteiger partial charge in [0.25, 0.3) is 0 Å². The highest BCUT2D eigenvalue weighted by atomic mass is 19.1. The van der Waals surface area contributed by atoms with Crippen LogP contribution in [-0.2, 0) is 4.74 Å². The summed E-state index contributed by atoms with van der Waals surface area (Å²) in [5.74, 6) is -2.23. The van der Waals surface area contributed by atoms with Crippen molar-refractivity contribution >= 4 is 17.7 Å². The summed E-state index contributed by atoms with van der Waals surface area (Å²) in [5.41, 5.74) is -0.273. The topological polar surface area (TPSA) is 87.7 Å². The van der Waals surface area contributed by atoms with Gasteiger partial charge >= 0.3 is 12.0 Å². The SMILES string of the molecule is CCOCCCNC(=O)Nc1ccc(F)c(C(=O)O)c1. The molecule has 0 spiro atoms. The first-order chi connectivity index (χ1) is 9.54. The number of benzene rings is 1. The van der Waals surface area contributed by atoms with Crippen LogP contribution in [0.2, 0.25) is 0 Å². The van der Waals surface area contributed by atoms with Gasteiger partial charge in [0.15, 0.2) is 0 Å². The molecule has 0 heterocycles. The highest BCUT2D eigenvalue weighted by molar-refractivity contribution is 5.93. The third-order valence-corrected chi connectivity index (χ3v) is 2.41. The second kappa shape index (κ2) is 8.11. The van der Waals surface area contributed by atoms with E-state index in [1.54, 1.807) is 0 Å². The van der Waals surface area contributed by atoms with Gasteiger partial charge in [-0.2, -0.15) is 0 Å². The van der Waals surface area contributed by atoms with Gasteiger partial charge < -0.3 is 20.5 Å². The van der Waals surface area contributed by atoms with E-state index in [0.717, 1.165) is 12.1 Å². The van der Waals surface area contributed by atoms with Crippen LogP contribution in [0.15, 0.2) is 18.2 Å². The van der Waals surface area contributed by atoms with Crippen molar-refractivity contribution in [3.8, 4) is 0 Å². The lowest BCUT2D eigenvalue weighted by molar-refractivity contribution is 0.0692. The van der Waals surface area contributed by atoms with E-state index in [1.165, 1.54) is 6.07 Å². The number of rotatable bonds is 7. The average molecular weight is 284 g/mol. The van der Waals surface area contributed by atoms with E-state index in [-0.39, 0.29) is 5.69 Å². The Morgan fingerprint density at radius 2 is 2.15 bits per heavy atom. The van der Waals surface area contributed by atoms with Gasteiger partial charge in [0.05, 0.1) is 5.56 Å². The first-order valence-corrected chi connectivity index (χ1v) is 6.20. The third kappa shape index (κ3) is 5.23. The van der Waals surface area contributed by atoms with Crippen LogP contribution in [0.5, 0.6) is 0 Å². The summed E-state index contributed by atoms with van der Waals surface area (Å²) in [5, 5.41) is 13.8. The van der Waals surface area contributed by atoms with Gasteiger partial charge in [-0.15, -0.1) is 0 Å². The van der Waals surface area contributed by atoms with Crippen LogP contribution in [0.1, 0.15) is 23.7 Å². The largest absolute Gasteiger partial charge is 0.478 e. The maximum absolute atomic E-state index is 13.2. The normalized spacial score (nSPS) is 10.1. The molecule has 0 saturated carbocycles. The van der Waals surface area contributed by atoms with E-state index in [9.17, 15) is 14.0 Å². The number of urea groups is 1. The van der Waals surface area contributed by atoms with Gasteiger partial charge in [-0.05, 0) is 31.5 Å². The van der Waals surface area contributed by atoms with Gasteiger partial charge in [-0.1, -0.05) is 0 Å². The maximum Gasteiger partial charge on any atom is 0.338 e. The molecule has 0 radical (unpaired) electrons. The Kier molecular flexibility index (Phi) is 6.45. The van der Waals surface area contributed by atoms with Gasteiger partial charge in [0, 0.05) is 25.4 Å². The van der Waals surface area contributed by atoms with Crippen molar-refractivity contribution in [2.75, 3.05) is 25.1 Å². The van der Waals surface area contributed by atoms with Crippen LogP contribution < -0.4 is 10.6 Å². The zero-order chi connectivity index (χ0) is 15.0. The van der Waals surface area contributed by atoms with Crippen LogP contribution in [0.25, 0.3) is 0 Å². The molecule has 0 aromatic heterocycles. The third-order valence-electron chi connectivity index (χ3n) is 2.41. The molecule has 0 bridgehead atoms. The molecule has 1 aromatic carbocycles. The fourth-order valence-electron chi connectivity index (χ4n) is 1.46. The standard InChI is InChI=1S/C13H17FN2O4/c1-2-20-7-3-6-15-13(19)16-9-4-5-11(14)10(8-9)12(17)18/h4-5,8H,2-3,6-7H2,1H3,(H,17,18)(H2,15,16,19). The zero-order valence-corrected chi connectivity index (χ0v) is 11.1. The van der Waals surface area contributed by atoms with Crippen molar-refractivity contribution in [1.82, 2.24) is 5.32 Å². The number of carbonyl (C=O) groups is 2. The molecule has 1 aromatic rings. The minimum absolute atomic E-state index is 0.214. The number of ether oxygens (including phenoxy) is 1. The summed E-state index contributed by atoms with van der Waals surface area (Å²) in [6, 6.07) is 2.87. The van der Waals surface area contributed by atoms with Crippen molar-refractivity contribution in [1.29, 1.82) is 0 Å². The molecule has 7 heteroatoms. The molecule has 110 valence electrons. The smallest absolute Gasteiger partial charge is 0.338 e. The van der Waals surface area contributed by atoms with Gasteiger partial charge in [0.1, 0.15) is 5.82 Å². The van der Waals surface area contributed by atoms with Crippen LogP contribution in [0.3, 0.4) is 0 Å². The predicted octanol–water partition coefficient (Wildman–Crippen LogP) is 2.07. The number of carbonyl (C=O) groups excluding carboxylic acids is 1. The molecule has 0 aliphatic carbocycles. The summed E-state index contributed by atoms with van der Waals surface area (Å²) >= 11 is 0. The highest BCUT2D eigenvalue weighted by Gasteiger charge is 2.11. The van der Waals surface area contributed by atoms with E-state index >= 15 is 0 Å². The number of aromatic carboxylic acids is 1. The lowest BCUT2D eigenvalue weighted by Crippen LogP contribution is -2.30. The minimum atomic E-state index is -1.39. The molecule has 1 rings (SSSR count). The molecule has 0 aliphatic rings. The van der Waals surface area contributed by atoms with E-state index in [0.29, 0.717) is 26.2 Å². The number of carboxylic acid groups (broad SMARTS) is 1. The van der Waals surface area contributed by atoms with Crippen molar-refractivity contribution in [3.05, 3.63) is 29.6 Å². The number of nitrogens with one attached hydrogen (secondary N) is 2. The molecular formula is C13H17FN2O4. The molecule has 6 nitrogen and oxygen atoms in total. The van der Waals surface area contributed by atoms with Crippen molar-refractivity contribution in [2.24, 2.45) is 0 Å². The van der Waals surface area contributed by atoms with Gasteiger partial charge in [-0.25, -0.2) is 14.0 Å². The number of halogens is 1. The Labute approximate surface area is 115 Å². The highest BCUT2D eigenvalue weighted by Crippen LogP contribution is 2.14. The molecule has 20 heavy (non-hydrogen) atoms. The molecule has 0 atom stereocenters. The molecule has 3 N–H and O–H groups in total. The Hall–Kier alpha value is -2.15. The Morgan fingerprint density at radius 1 is 1.40 bits per heavy atom. The van der Waals surface area contributed by atoms with Crippen molar-refractivity contribution in [3.63, 3.8) is 0 Å². The van der Waals surface area contributed by atoms with Gasteiger partial charge in [0.2, 0.25) is 0 Å². The molecule has 0 aliphatic heterocycles. The lowest BCUT2D eigenvalue weighted by atomic mass is 10.2. The lowest BCUT2D eigenvalue weighted by Gasteiger charge is -2.08. The Morgan fingerprint density at radius 3 is 2.80 bits per heavy atom. The van der Waals surface area contributed by atoms with E-state index < -0.39 is 23.4 Å². The fourth-order valence-corrected chi connectivity index (χ4v) is 1.46. The summed E-state index contributed by atoms with van der Waals surface area (Å²) in [6.45, 7) is 3.49. The first kappa shape index (κ1) is 15.9. The number of amides is 2. The summed E-state index contributed by atoms with van der Waals surface area (Å²) in [6.07, 6.45) is 0.672. The molecule has 0 fully saturated rings. The second-order valence-corrected chi connectivity index (χ2v) is 3.93. The average Bonchev–Trinajstić information content (AvgIpc) is 2.40. The Bertz CT molecular complexity index is 479. The van der Waals surface area contributed by atoms with E-state index in [1.807, 2.05) is 6.92 Å². The molecular weight excluding hydrogens is 267 g/mol. The van der Waals surface area contributed by atoms with E-state index in [2.05, 4.69) is 10.6 Å². The number of hydrogen-bond donors (Lipinski definition) is 3. The molecule has 0 saturated heterocycles. The summed E-state index contributed by atoms with van der Waals surface area (Å²) in [4.78, 5) is 22.3. The number of hydrogen-bond acceptors (Lipinski definition) is 3. The van der Waals surface area contributed by atoms with Crippen molar-refractivity contribution in [2.45, 2.75) is 13.3 Å². The quantitative estimate of drug-likeness (QED) is 0.669. The summed E-state index contributed by atoms with van der Waals surface area (Å²) in [7, 11) is 0. The van der Waals surface area contributed by atoms with Gasteiger partial charge in [-0.3, -0.25) is 0 Å². The van der Waals surface area contributed by atoms with Crippen LogP contribution in [0, 0.1) is 5.82 Å². The Balaban J connectivity index is 2.46. The second-order valence-electron chi connectivity index (χ2n) is 3.93. The predicted molar refractivity (Wildman–Crippen MR) is 71.5 cm³/mol.